The molecule has 4 unspecified atom stereocenters. The number of likely N-dealkylation sites (N-methyl/N-ethyl adjacent to an activating group) is 2. The summed E-state index contributed by atoms with van der Waals surface area (Å²) in [5.74, 6) is -7.74. The first kappa shape index (κ1) is 30.0. The fourth-order valence-electron chi connectivity index (χ4n) is 6.26. The predicted octanol–water partition coefficient (Wildman–Crippen LogP) is -0.0814. The first-order valence-corrected chi connectivity index (χ1v) is 13.1. The van der Waals surface area contributed by atoms with Crippen molar-refractivity contribution in [3.05, 3.63) is 34.1 Å². The first-order valence-electron chi connectivity index (χ1n) is 13.1. The van der Waals surface area contributed by atoms with Gasteiger partial charge in [-0.25, -0.2) is 0 Å². The minimum atomic E-state index is -2.72. The van der Waals surface area contributed by atoms with Crippen LogP contribution in [0, 0.1) is 11.8 Å². The lowest BCUT2D eigenvalue weighted by Crippen LogP contribution is -2.65. The molecule has 5 atom stereocenters. The molecule has 0 spiro atoms. The van der Waals surface area contributed by atoms with Crippen molar-refractivity contribution in [3.63, 3.8) is 0 Å². The highest BCUT2D eigenvalue weighted by molar-refractivity contribution is 6.24. The van der Waals surface area contributed by atoms with Crippen molar-refractivity contribution in [1.82, 2.24) is 9.80 Å². The topological polar surface area (TPSA) is 197 Å². The monoisotopic (exact) mass is 571 g/mol. The number of phenolic OH excluding ortho intramolecular Hbond substituents is 1. The highest BCUT2D eigenvalue weighted by Crippen LogP contribution is 2.54. The Morgan fingerprint density at radius 1 is 1.10 bits per heavy atom. The smallest absolute Gasteiger partial charge is 0.255 e. The largest absolute Gasteiger partial charge is 0.508 e. The molecule has 1 aromatic rings. The van der Waals surface area contributed by atoms with E-state index in [0.29, 0.717) is 11.3 Å². The zero-order valence-electron chi connectivity index (χ0n) is 24.1. The molecule has 13 nitrogen and oxygen atoms in total. The van der Waals surface area contributed by atoms with Crippen molar-refractivity contribution in [1.29, 1.82) is 0 Å². The van der Waals surface area contributed by atoms with Gasteiger partial charge in [-0.05, 0) is 65.5 Å². The quantitative estimate of drug-likeness (QED) is 0.197. The maximum Gasteiger partial charge on any atom is 0.255 e. The molecule has 0 saturated heterocycles. The average molecular weight is 572 g/mol. The molecular weight excluding hydrogens is 534 g/mol. The molecule has 7 N–H and O–H groups in total. The number of nitrogens with one attached hydrogen (secondary N) is 1. The van der Waals surface area contributed by atoms with Crippen LogP contribution >= 0.6 is 0 Å². The number of carbonyl (C=O) groups excluding carboxylic acids is 4. The van der Waals surface area contributed by atoms with Crippen LogP contribution in [0.2, 0.25) is 0 Å². The predicted molar refractivity (Wildman–Crippen MR) is 150 cm³/mol. The second-order valence-electron chi connectivity index (χ2n) is 11.6. The van der Waals surface area contributed by atoms with E-state index in [1.807, 2.05) is 0 Å². The lowest BCUT2D eigenvalue weighted by Gasteiger charge is -2.50. The van der Waals surface area contributed by atoms with Crippen LogP contribution in [-0.2, 0) is 25.6 Å². The highest BCUT2D eigenvalue weighted by Gasteiger charge is 2.64. The van der Waals surface area contributed by atoms with Gasteiger partial charge < -0.3 is 36.4 Å². The van der Waals surface area contributed by atoms with Gasteiger partial charge in [-0.1, -0.05) is 0 Å². The Hall–Kier alpha value is -3.94. The van der Waals surface area contributed by atoms with Gasteiger partial charge in [-0.15, -0.1) is 0 Å². The molecule has 0 bridgehead atoms. The van der Waals surface area contributed by atoms with Gasteiger partial charge in [0.05, 0.1) is 23.3 Å². The molecule has 0 aromatic heterocycles. The molecule has 4 rings (SSSR count). The number of aromatic hydroxyl groups is 1. The molecule has 0 radical (unpaired) electrons. The van der Waals surface area contributed by atoms with Crippen LogP contribution in [0.1, 0.15) is 24.5 Å². The van der Waals surface area contributed by atoms with Crippen LogP contribution in [0.3, 0.4) is 0 Å². The number of carbonyl (C=O) groups is 4. The molecule has 1 fully saturated rings. The number of rotatable bonds is 6. The second-order valence-corrected chi connectivity index (χ2v) is 11.6. The van der Waals surface area contributed by atoms with Gasteiger partial charge in [0.25, 0.3) is 5.91 Å². The fraction of sp³-hybridized carbons (Fsp3) is 0.500. The summed E-state index contributed by atoms with van der Waals surface area (Å²) in [7, 11) is 10.0. The Bertz CT molecular complexity index is 1430. The van der Waals surface area contributed by atoms with Crippen molar-refractivity contribution < 1.29 is 39.6 Å². The van der Waals surface area contributed by atoms with E-state index in [-0.39, 0.29) is 29.7 Å². The van der Waals surface area contributed by atoms with Crippen LogP contribution in [0.4, 0.5) is 11.4 Å². The van der Waals surface area contributed by atoms with Crippen LogP contribution in [0.5, 0.6) is 5.75 Å². The number of fused-ring (bicyclic) bond motifs is 3. The Morgan fingerprint density at radius 3 is 2.22 bits per heavy atom. The third-order valence-corrected chi connectivity index (χ3v) is 8.59. The summed E-state index contributed by atoms with van der Waals surface area (Å²) in [6.45, 7) is 1.68. The van der Waals surface area contributed by atoms with Crippen LogP contribution < -0.4 is 16.0 Å². The van der Waals surface area contributed by atoms with Gasteiger partial charge in [-0.2, -0.15) is 0 Å². The number of Topliss-reactive ketones (excluding diaryl/α,β-unsaturated/α-hetero) is 2. The normalized spacial score (nSPS) is 26.5. The summed E-state index contributed by atoms with van der Waals surface area (Å²) in [5, 5.41) is 48.2. The number of ketones is 2. The van der Waals surface area contributed by atoms with Crippen molar-refractivity contribution in [2.24, 2.45) is 17.6 Å². The average Bonchev–Trinajstić information content (AvgIpc) is 2.86. The van der Waals surface area contributed by atoms with E-state index < -0.39 is 75.7 Å². The Kier molecular flexibility index (Phi) is 7.44. The van der Waals surface area contributed by atoms with E-state index in [4.69, 9.17) is 5.73 Å². The zero-order valence-corrected chi connectivity index (χ0v) is 24.1. The van der Waals surface area contributed by atoms with Gasteiger partial charge in [0, 0.05) is 31.3 Å². The number of hydrogen-bond donors (Lipinski definition) is 6. The number of anilines is 2. The minimum Gasteiger partial charge on any atom is -0.508 e. The number of aliphatic hydroxyl groups is 3. The van der Waals surface area contributed by atoms with Gasteiger partial charge >= 0.3 is 0 Å². The molecule has 0 heterocycles. The minimum absolute atomic E-state index is 0.00582. The number of phenols is 1. The van der Waals surface area contributed by atoms with Crippen LogP contribution in [0.15, 0.2) is 23.0 Å². The lowest BCUT2D eigenvalue weighted by atomic mass is 9.57. The van der Waals surface area contributed by atoms with Crippen LogP contribution in [0.25, 0.3) is 5.76 Å². The lowest BCUT2D eigenvalue weighted by molar-refractivity contribution is -0.153. The molecular formula is C28H37N5O8. The van der Waals surface area contributed by atoms with E-state index >= 15 is 0 Å². The molecule has 222 valence electrons. The zero-order chi connectivity index (χ0) is 30.9. The third kappa shape index (κ3) is 4.35. The Morgan fingerprint density at radius 2 is 1.71 bits per heavy atom. The number of amides is 2. The number of nitrogens with zero attached hydrogens (tertiary/aromatic N) is 3. The number of primary amides is 1. The van der Waals surface area contributed by atoms with E-state index in [9.17, 15) is 39.6 Å². The Balaban J connectivity index is 1.95. The van der Waals surface area contributed by atoms with E-state index in [0.717, 1.165) is 0 Å². The number of hydrogen-bond acceptors (Lipinski definition) is 11. The van der Waals surface area contributed by atoms with Gasteiger partial charge in [0.15, 0.2) is 11.4 Å². The molecule has 3 aliphatic carbocycles. The first-order chi connectivity index (χ1) is 19.0. The summed E-state index contributed by atoms with van der Waals surface area (Å²) in [6, 6.07) is -0.136. The summed E-state index contributed by atoms with van der Waals surface area (Å²) < 4.78 is 0. The maximum absolute atomic E-state index is 14.0. The SMILES string of the molecule is CC(C(=O)Nc1cc(N(C)C)c2c(c1O)C(O)=C1C(=O)C3(O)C(O)=C(C(N)=O)C(=O)[C@@H](N(C)C)C3CC1C2)N(C)C. The molecule has 3 aliphatic rings. The summed E-state index contributed by atoms with van der Waals surface area (Å²) in [5.41, 5.74) is 2.48. The van der Waals surface area contributed by atoms with Crippen molar-refractivity contribution in [3.8, 4) is 5.75 Å². The number of benzene rings is 1. The van der Waals surface area contributed by atoms with E-state index in [2.05, 4.69) is 5.32 Å². The summed E-state index contributed by atoms with van der Waals surface area (Å²) in [4.78, 5) is 57.1. The van der Waals surface area contributed by atoms with Crippen molar-refractivity contribution in [2.75, 3.05) is 52.5 Å². The molecule has 0 aliphatic heterocycles. The molecule has 1 aromatic carbocycles. The Labute approximate surface area is 237 Å². The van der Waals surface area contributed by atoms with E-state index in [1.165, 1.54) is 4.90 Å². The van der Waals surface area contributed by atoms with Gasteiger partial charge in [-0.3, -0.25) is 29.0 Å². The number of nitrogens with two attached hydrogens (primary N) is 1. The molecule has 1 saturated carbocycles. The number of aliphatic hydroxyl groups excluding tert-OH is 2. The van der Waals surface area contributed by atoms with Crippen molar-refractivity contribution in [2.45, 2.75) is 37.5 Å². The fourth-order valence-corrected chi connectivity index (χ4v) is 6.26. The molecule has 13 heteroatoms. The van der Waals surface area contributed by atoms with E-state index in [1.54, 1.807) is 65.1 Å². The molecule has 41 heavy (non-hydrogen) atoms. The third-order valence-electron chi connectivity index (χ3n) is 8.59. The second kappa shape index (κ2) is 10.2. The summed E-state index contributed by atoms with van der Waals surface area (Å²) in [6.07, 6.45) is 0.121. The van der Waals surface area contributed by atoms with Crippen molar-refractivity contribution >= 4 is 40.5 Å². The highest BCUT2D eigenvalue weighted by atomic mass is 16.3. The summed E-state index contributed by atoms with van der Waals surface area (Å²) >= 11 is 0. The van der Waals surface area contributed by atoms with Gasteiger partial charge in [0.2, 0.25) is 11.7 Å². The maximum atomic E-state index is 14.0. The van der Waals surface area contributed by atoms with Crippen LogP contribution in [-0.4, -0.2) is 114 Å². The molecule has 2 amide bonds. The van der Waals surface area contributed by atoms with Gasteiger partial charge in [0.1, 0.15) is 22.8 Å². The standard InChI is InChI=1S/C28H37N5O8/c1-11(31(2)3)27(40)30-15-10-16(32(4)5)13-8-12-9-14-20(33(6)7)23(36)19(26(29)39)25(38)28(14,41)24(37)17(12)22(35)18(13)21(15)34/h10-12,14,20,34-35,38,41H,8-9H2,1-7H3,(H2,29,39)(H,30,40)/t11?,12?,14?,20-,28?/m0/s1.